The summed E-state index contributed by atoms with van der Waals surface area (Å²) in [4.78, 5) is 24.6. The predicted octanol–water partition coefficient (Wildman–Crippen LogP) is -1.14. The first kappa shape index (κ1) is 13.9. The number of aliphatic hydroxyl groups excluding tert-OH is 2. The molecule has 0 radical (unpaired) electrons. The highest BCUT2D eigenvalue weighted by atomic mass is 16.3. The number of hydrogen-bond acceptors (Lipinski definition) is 4. The molecule has 0 aliphatic carbocycles. The number of amides is 2. The van der Waals surface area contributed by atoms with Gasteiger partial charge < -0.3 is 20.4 Å². The molecule has 1 fully saturated rings. The molecule has 1 unspecified atom stereocenters. The van der Waals surface area contributed by atoms with Crippen LogP contribution in [0.15, 0.2) is 0 Å². The van der Waals surface area contributed by atoms with Gasteiger partial charge >= 0.3 is 0 Å². The molecule has 0 aromatic heterocycles. The molecule has 6 heteroatoms. The maximum atomic E-state index is 11.6. The van der Waals surface area contributed by atoms with Crippen LogP contribution in [0.4, 0.5) is 0 Å². The fourth-order valence-electron chi connectivity index (χ4n) is 1.73. The Morgan fingerprint density at radius 3 is 2.88 bits per heavy atom. The minimum absolute atomic E-state index is 0.0113. The summed E-state index contributed by atoms with van der Waals surface area (Å²) >= 11 is 0. The second kappa shape index (κ2) is 7.24. The largest absolute Gasteiger partial charge is 0.394 e. The molecule has 1 atom stereocenters. The smallest absolute Gasteiger partial charge is 0.239 e. The van der Waals surface area contributed by atoms with E-state index in [0.29, 0.717) is 13.0 Å². The number of carbonyl (C=O) groups is 2. The number of likely N-dealkylation sites (tertiary alicyclic amines) is 1. The van der Waals surface area contributed by atoms with E-state index in [9.17, 15) is 9.59 Å². The zero-order valence-corrected chi connectivity index (χ0v) is 9.89. The van der Waals surface area contributed by atoms with Crippen LogP contribution in [0, 0.1) is 0 Å². The first-order valence-electron chi connectivity index (χ1n) is 5.97. The molecule has 1 rings (SSSR count). The van der Waals surface area contributed by atoms with E-state index in [1.807, 2.05) is 0 Å². The SMILES string of the molecule is O=C(CN1CCCCCC1=O)NCC(O)CO. The van der Waals surface area contributed by atoms with Crippen molar-refractivity contribution in [1.82, 2.24) is 10.2 Å². The molecule has 1 aliphatic rings. The van der Waals surface area contributed by atoms with Crippen LogP contribution in [-0.4, -0.2) is 59.3 Å². The van der Waals surface area contributed by atoms with Crippen molar-refractivity contribution >= 4 is 11.8 Å². The van der Waals surface area contributed by atoms with E-state index < -0.39 is 6.10 Å². The maximum Gasteiger partial charge on any atom is 0.239 e. The first-order valence-corrected chi connectivity index (χ1v) is 5.97. The summed E-state index contributed by atoms with van der Waals surface area (Å²) in [5.74, 6) is -0.284. The van der Waals surface area contributed by atoms with E-state index in [0.717, 1.165) is 19.3 Å². The summed E-state index contributed by atoms with van der Waals surface area (Å²) in [7, 11) is 0. The minimum atomic E-state index is -0.946. The Morgan fingerprint density at radius 1 is 1.41 bits per heavy atom. The highest BCUT2D eigenvalue weighted by Crippen LogP contribution is 2.10. The van der Waals surface area contributed by atoms with Gasteiger partial charge in [0.05, 0.1) is 19.3 Å². The third-order valence-electron chi connectivity index (χ3n) is 2.75. The van der Waals surface area contributed by atoms with Crippen molar-refractivity contribution in [2.75, 3.05) is 26.2 Å². The number of nitrogens with one attached hydrogen (secondary N) is 1. The van der Waals surface area contributed by atoms with Crippen LogP contribution in [0.25, 0.3) is 0 Å². The van der Waals surface area contributed by atoms with Crippen molar-refractivity contribution in [2.24, 2.45) is 0 Å². The summed E-state index contributed by atoms with van der Waals surface area (Å²) < 4.78 is 0. The highest BCUT2D eigenvalue weighted by Gasteiger charge is 2.19. The average molecular weight is 244 g/mol. The third kappa shape index (κ3) is 5.14. The van der Waals surface area contributed by atoms with Crippen LogP contribution in [-0.2, 0) is 9.59 Å². The molecule has 1 saturated heterocycles. The van der Waals surface area contributed by atoms with Crippen LogP contribution in [0.1, 0.15) is 25.7 Å². The van der Waals surface area contributed by atoms with Gasteiger partial charge in [0, 0.05) is 19.5 Å². The van der Waals surface area contributed by atoms with Crippen LogP contribution < -0.4 is 5.32 Å². The van der Waals surface area contributed by atoms with Gasteiger partial charge in [-0.25, -0.2) is 0 Å². The fourth-order valence-corrected chi connectivity index (χ4v) is 1.73. The van der Waals surface area contributed by atoms with Crippen LogP contribution in [0.3, 0.4) is 0 Å². The van der Waals surface area contributed by atoms with Gasteiger partial charge in [-0.2, -0.15) is 0 Å². The summed E-state index contributed by atoms with van der Waals surface area (Å²) in [5.41, 5.74) is 0. The second-order valence-corrected chi connectivity index (χ2v) is 4.27. The number of hydrogen-bond donors (Lipinski definition) is 3. The number of carbonyl (C=O) groups excluding carboxylic acids is 2. The van der Waals surface area contributed by atoms with Crippen LogP contribution >= 0.6 is 0 Å². The number of aliphatic hydroxyl groups is 2. The monoisotopic (exact) mass is 244 g/mol. The molecule has 0 spiro atoms. The molecule has 3 N–H and O–H groups in total. The quantitative estimate of drug-likeness (QED) is 0.570. The summed E-state index contributed by atoms with van der Waals surface area (Å²) in [5, 5.41) is 20.1. The molecular formula is C11H20N2O4. The van der Waals surface area contributed by atoms with Crippen molar-refractivity contribution in [2.45, 2.75) is 31.8 Å². The highest BCUT2D eigenvalue weighted by molar-refractivity contribution is 5.84. The minimum Gasteiger partial charge on any atom is -0.394 e. The van der Waals surface area contributed by atoms with Crippen molar-refractivity contribution in [3.05, 3.63) is 0 Å². The topological polar surface area (TPSA) is 89.9 Å². The number of nitrogens with zero attached hydrogens (tertiary/aromatic N) is 1. The van der Waals surface area contributed by atoms with Gasteiger partial charge in [0.2, 0.25) is 11.8 Å². The number of rotatable bonds is 5. The molecule has 0 bridgehead atoms. The lowest BCUT2D eigenvalue weighted by molar-refractivity contribution is -0.135. The molecule has 17 heavy (non-hydrogen) atoms. The van der Waals surface area contributed by atoms with Crippen molar-refractivity contribution in [3.8, 4) is 0 Å². The van der Waals surface area contributed by atoms with Gasteiger partial charge in [0.15, 0.2) is 0 Å². The lowest BCUT2D eigenvalue weighted by Crippen LogP contribution is -2.43. The Hall–Kier alpha value is -1.14. The molecular weight excluding hydrogens is 224 g/mol. The molecule has 2 amide bonds. The lowest BCUT2D eigenvalue weighted by Gasteiger charge is -2.20. The normalized spacial score (nSPS) is 18.7. The van der Waals surface area contributed by atoms with E-state index in [4.69, 9.17) is 10.2 Å². The average Bonchev–Trinajstić information content (AvgIpc) is 2.52. The summed E-state index contributed by atoms with van der Waals surface area (Å²) in [6.45, 7) is 0.284. The van der Waals surface area contributed by atoms with E-state index in [1.54, 1.807) is 4.90 Å². The predicted molar refractivity (Wildman–Crippen MR) is 61.2 cm³/mol. The Morgan fingerprint density at radius 2 is 2.18 bits per heavy atom. The Bertz CT molecular complexity index is 270. The summed E-state index contributed by atoms with van der Waals surface area (Å²) in [6, 6.07) is 0. The molecule has 0 saturated carbocycles. The Kier molecular flexibility index (Phi) is 5.93. The zero-order valence-electron chi connectivity index (χ0n) is 9.89. The van der Waals surface area contributed by atoms with Crippen LogP contribution in [0.5, 0.6) is 0 Å². The van der Waals surface area contributed by atoms with E-state index >= 15 is 0 Å². The molecule has 1 heterocycles. The van der Waals surface area contributed by atoms with Crippen molar-refractivity contribution in [1.29, 1.82) is 0 Å². The van der Waals surface area contributed by atoms with E-state index in [1.165, 1.54) is 0 Å². The third-order valence-corrected chi connectivity index (χ3v) is 2.75. The Labute approximate surface area is 101 Å². The Balaban J connectivity index is 2.31. The second-order valence-electron chi connectivity index (χ2n) is 4.27. The van der Waals surface area contributed by atoms with Gasteiger partial charge in [0.25, 0.3) is 0 Å². The van der Waals surface area contributed by atoms with Crippen LogP contribution in [0.2, 0.25) is 0 Å². The van der Waals surface area contributed by atoms with Gasteiger partial charge in [-0.3, -0.25) is 9.59 Å². The summed E-state index contributed by atoms with van der Waals surface area (Å²) in [6.07, 6.45) is 2.40. The maximum absolute atomic E-state index is 11.6. The molecule has 1 aliphatic heterocycles. The lowest BCUT2D eigenvalue weighted by atomic mass is 10.2. The molecule has 6 nitrogen and oxygen atoms in total. The van der Waals surface area contributed by atoms with Gasteiger partial charge in [-0.05, 0) is 12.8 Å². The van der Waals surface area contributed by atoms with Gasteiger partial charge in [-0.1, -0.05) is 6.42 Å². The van der Waals surface area contributed by atoms with E-state index in [2.05, 4.69) is 5.32 Å². The molecule has 0 aromatic rings. The standard InChI is InChI=1S/C11H20N2O4/c14-8-9(15)6-12-10(16)7-13-5-3-1-2-4-11(13)17/h9,14-15H,1-8H2,(H,12,16). The van der Waals surface area contributed by atoms with Gasteiger partial charge in [0.1, 0.15) is 0 Å². The van der Waals surface area contributed by atoms with E-state index in [-0.39, 0.29) is 31.5 Å². The zero-order chi connectivity index (χ0) is 12.7. The van der Waals surface area contributed by atoms with Crippen molar-refractivity contribution in [3.63, 3.8) is 0 Å². The van der Waals surface area contributed by atoms with Crippen molar-refractivity contribution < 1.29 is 19.8 Å². The van der Waals surface area contributed by atoms with Gasteiger partial charge in [-0.15, -0.1) is 0 Å². The molecule has 0 aromatic carbocycles. The first-order chi connectivity index (χ1) is 8.13. The molecule has 98 valence electrons. The fraction of sp³-hybridized carbons (Fsp3) is 0.818.